The maximum absolute atomic E-state index is 11.7. The van der Waals surface area contributed by atoms with Crippen LogP contribution in [0.4, 0.5) is 0 Å². The Morgan fingerprint density at radius 3 is 2.83 bits per heavy atom. The van der Waals surface area contributed by atoms with Crippen LogP contribution in [0.1, 0.15) is 37.9 Å². The van der Waals surface area contributed by atoms with E-state index in [0.717, 1.165) is 36.3 Å². The maximum Gasteiger partial charge on any atom is 0.320 e. The van der Waals surface area contributed by atoms with Gasteiger partial charge in [0.2, 0.25) is 0 Å². The van der Waals surface area contributed by atoms with Crippen LogP contribution in [0, 0.1) is 5.92 Å². The Morgan fingerprint density at radius 1 is 1.25 bits per heavy atom. The van der Waals surface area contributed by atoms with Gasteiger partial charge in [0.25, 0.3) is 0 Å². The minimum absolute atomic E-state index is 0.366. The van der Waals surface area contributed by atoms with Gasteiger partial charge in [-0.15, -0.1) is 0 Å². The van der Waals surface area contributed by atoms with Crippen LogP contribution in [-0.2, 0) is 11.3 Å². The summed E-state index contributed by atoms with van der Waals surface area (Å²) in [6.07, 6.45) is 5.42. The van der Waals surface area contributed by atoms with Crippen LogP contribution in [-0.4, -0.2) is 33.2 Å². The molecule has 126 valence electrons. The Hall–Kier alpha value is -2.14. The standard InChI is InChI=1S/C19H22N2O3/c22-19(23)18-10-14-8-4-5-9-17(14)21(18)12-15-11-16(20-24-15)13-6-2-1-3-7-13/h1-3,6-7,11,14,17-18H,4-5,8-10,12H2,(H,22,23)/t14-,17+,18-/m0/s1. The summed E-state index contributed by atoms with van der Waals surface area (Å²) >= 11 is 0. The predicted octanol–water partition coefficient (Wildman–Crippen LogP) is 3.56. The molecule has 1 aromatic heterocycles. The predicted molar refractivity (Wildman–Crippen MR) is 89.3 cm³/mol. The minimum atomic E-state index is -0.716. The molecule has 2 fully saturated rings. The van der Waals surface area contributed by atoms with Crippen molar-refractivity contribution in [3.05, 3.63) is 42.2 Å². The van der Waals surface area contributed by atoms with Crippen LogP contribution >= 0.6 is 0 Å². The van der Waals surface area contributed by atoms with Gasteiger partial charge < -0.3 is 9.63 Å². The zero-order valence-corrected chi connectivity index (χ0v) is 13.6. The van der Waals surface area contributed by atoms with E-state index in [-0.39, 0.29) is 0 Å². The maximum atomic E-state index is 11.7. The lowest BCUT2D eigenvalue weighted by Crippen LogP contribution is -2.41. The third kappa shape index (κ3) is 2.84. The number of carboxylic acid groups (broad SMARTS) is 1. The first kappa shape index (κ1) is 15.4. The lowest BCUT2D eigenvalue weighted by Gasteiger charge is -2.32. The molecule has 2 aliphatic rings. The molecular weight excluding hydrogens is 304 g/mol. The number of carboxylic acids is 1. The Labute approximate surface area is 141 Å². The number of aromatic nitrogens is 1. The molecule has 4 rings (SSSR count). The monoisotopic (exact) mass is 326 g/mol. The highest BCUT2D eigenvalue weighted by Crippen LogP contribution is 2.40. The van der Waals surface area contributed by atoms with E-state index in [9.17, 15) is 9.90 Å². The average Bonchev–Trinajstić information content (AvgIpc) is 3.21. The number of likely N-dealkylation sites (tertiary alicyclic amines) is 1. The van der Waals surface area contributed by atoms with Crippen molar-refractivity contribution in [2.24, 2.45) is 5.92 Å². The Morgan fingerprint density at radius 2 is 2.04 bits per heavy atom. The van der Waals surface area contributed by atoms with Crippen LogP contribution in [0.5, 0.6) is 0 Å². The zero-order chi connectivity index (χ0) is 16.5. The van der Waals surface area contributed by atoms with Crippen molar-refractivity contribution in [2.45, 2.75) is 50.7 Å². The first-order valence-corrected chi connectivity index (χ1v) is 8.72. The fourth-order valence-corrected chi connectivity index (χ4v) is 4.34. The number of carbonyl (C=O) groups is 1. The van der Waals surface area contributed by atoms with E-state index < -0.39 is 12.0 Å². The van der Waals surface area contributed by atoms with Crippen molar-refractivity contribution in [3.63, 3.8) is 0 Å². The van der Waals surface area contributed by atoms with Gasteiger partial charge in [-0.25, -0.2) is 0 Å². The van der Waals surface area contributed by atoms with Crippen molar-refractivity contribution in [1.29, 1.82) is 0 Å². The summed E-state index contributed by atoms with van der Waals surface area (Å²) < 4.78 is 5.50. The molecule has 5 nitrogen and oxygen atoms in total. The Kier molecular flexibility index (Phi) is 4.10. The molecule has 0 amide bonds. The van der Waals surface area contributed by atoms with Gasteiger partial charge >= 0.3 is 5.97 Å². The zero-order valence-electron chi connectivity index (χ0n) is 13.6. The number of nitrogens with zero attached hydrogens (tertiary/aromatic N) is 2. The molecule has 2 heterocycles. The van der Waals surface area contributed by atoms with E-state index in [1.54, 1.807) is 0 Å². The number of benzene rings is 1. The number of rotatable bonds is 4. The quantitative estimate of drug-likeness (QED) is 0.930. The second-order valence-corrected chi connectivity index (χ2v) is 6.92. The minimum Gasteiger partial charge on any atom is -0.480 e. The van der Waals surface area contributed by atoms with Gasteiger partial charge in [0.1, 0.15) is 11.7 Å². The first-order chi connectivity index (χ1) is 11.7. The van der Waals surface area contributed by atoms with E-state index >= 15 is 0 Å². The summed E-state index contributed by atoms with van der Waals surface area (Å²) in [4.78, 5) is 13.8. The van der Waals surface area contributed by atoms with Gasteiger partial charge in [-0.05, 0) is 25.2 Å². The summed E-state index contributed by atoms with van der Waals surface area (Å²) in [5, 5.41) is 13.8. The fraction of sp³-hybridized carbons (Fsp3) is 0.474. The molecule has 24 heavy (non-hydrogen) atoms. The van der Waals surface area contributed by atoms with Gasteiger partial charge in [0.15, 0.2) is 5.76 Å². The topological polar surface area (TPSA) is 66.6 Å². The number of hydrogen-bond acceptors (Lipinski definition) is 4. The first-order valence-electron chi connectivity index (χ1n) is 8.72. The van der Waals surface area contributed by atoms with Crippen LogP contribution in [0.15, 0.2) is 40.9 Å². The van der Waals surface area contributed by atoms with E-state index in [1.165, 1.54) is 12.8 Å². The number of hydrogen-bond donors (Lipinski definition) is 1. The average molecular weight is 326 g/mol. The SMILES string of the molecule is O=C(O)[C@@H]1C[C@@H]2CCCC[C@H]2N1Cc1cc(-c2ccccc2)no1. The molecular formula is C19H22N2O3. The fourth-order valence-electron chi connectivity index (χ4n) is 4.34. The molecule has 0 unspecified atom stereocenters. The second kappa shape index (κ2) is 6.40. The molecule has 1 saturated heterocycles. The lowest BCUT2D eigenvalue weighted by atomic mass is 9.85. The summed E-state index contributed by atoms with van der Waals surface area (Å²) in [5.74, 6) is 0.537. The molecule has 1 aliphatic carbocycles. The highest BCUT2D eigenvalue weighted by atomic mass is 16.5. The van der Waals surface area contributed by atoms with Gasteiger partial charge in [0.05, 0.1) is 6.54 Å². The normalized spacial score (nSPS) is 27.1. The highest BCUT2D eigenvalue weighted by Gasteiger charge is 2.45. The van der Waals surface area contributed by atoms with Crippen LogP contribution in [0.2, 0.25) is 0 Å². The van der Waals surface area contributed by atoms with Gasteiger partial charge in [0, 0.05) is 17.7 Å². The molecule has 0 spiro atoms. The third-order valence-electron chi connectivity index (χ3n) is 5.47. The summed E-state index contributed by atoms with van der Waals surface area (Å²) in [7, 11) is 0. The van der Waals surface area contributed by atoms with Gasteiger partial charge in [-0.2, -0.15) is 0 Å². The Balaban J connectivity index is 1.55. The summed E-state index contributed by atoms with van der Waals surface area (Å²) in [6, 6.07) is 11.8. The van der Waals surface area contributed by atoms with E-state index in [0.29, 0.717) is 18.5 Å². The molecule has 0 radical (unpaired) electrons. The smallest absolute Gasteiger partial charge is 0.320 e. The molecule has 1 aliphatic heterocycles. The van der Waals surface area contributed by atoms with Crippen LogP contribution < -0.4 is 0 Å². The summed E-state index contributed by atoms with van der Waals surface area (Å²) in [6.45, 7) is 0.526. The van der Waals surface area contributed by atoms with Crippen molar-refractivity contribution in [3.8, 4) is 11.3 Å². The van der Waals surface area contributed by atoms with Crippen molar-refractivity contribution < 1.29 is 14.4 Å². The number of fused-ring (bicyclic) bond motifs is 1. The van der Waals surface area contributed by atoms with E-state index in [4.69, 9.17) is 4.52 Å². The van der Waals surface area contributed by atoms with Crippen molar-refractivity contribution in [1.82, 2.24) is 10.1 Å². The molecule has 0 bridgehead atoms. The molecule has 1 N–H and O–H groups in total. The molecule has 1 aromatic carbocycles. The number of aliphatic carboxylic acids is 1. The van der Waals surface area contributed by atoms with Crippen molar-refractivity contribution >= 4 is 5.97 Å². The van der Waals surface area contributed by atoms with Crippen molar-refractivity contribution in [2.75, 3.05) is 0 Å². The third-order valence-corrected chi connectivity index (χ3v) is 5.47. The highest BCUT2D eigenvalue weighted by molar-refractivity contribution is 5.74. The largest absolute Gasteiger partial charge is 0.480 e. The Bertz CT molecular complexity index is 712. The van der Waals surface area contributed by atoms with Gasteiger partial charge in [-0.3, -0.25) is 9.69 Å². The lowest BCUT2D eigenvalue weighted by molar-refractivity contribution is -0.143. The van der Waals surface area contributed by atoms with Crippen LogP contribution in [0.25, 0.3) is 11.3 Å². The van der Waals surface area contributed by atoms with Gasteiger partial charge in [-0.1, -0.05) is 48.3 Å². The summed E-state index contributed by atoms with van der Waals surface area (Å²) in [5.41, 5.74) is 1.82. The molecule has 2 aromatic rings. The second-order valence-electron chi connectivity index (χ2n) is 6.92. The van der Waals surface area contributed by atoms with Crippen LogP contribution in [0.3, 0.4) is 0 Å². The molecule has 5 heteroatoms. The molecule has 3 atom stereocenters. The van der Waals surface area contributed by atoms with E-state index in [1.807, 2.05) is 36.4 Å². The van der Waals surface area contributed by atoms with E-state index in [2.05, 4.69) is 10.1 Å². The molecule has 1 saturated carbocycles.